The Bertz CT molecular complexity index is 927. The number of nitrogens with zero attached hydrogens (tertiary/aromatic N) is 1. The number of aromatic nitrogens is 2. The van der Waals surface area contributed by atoms with Crippen molar-refractivity contribution in [2.45, 2.75) is 82.3 Å². The van der Waals surface area contributed by atoms with Gasteiger partial charge in [0.05, 0.1) is 17.3 Å². The summed E-state index contributed by atoms with van der Waals surface area (Å²) in [4.78, 5) is 36.1. The van der Waals surface area contributed by atoms with Crippen LogP contribution >= 0.6 is 7.60 Å². The van der Waals surface area contributed by atoms with Crippen molar-refractivity contribution in [1.82, 2.24) is 9.55 Å². The maximum Gasteiger partial charge on any atom is 0.359 e. The van der Waals surface area contributed by atoms with E-state index in [2.05, 4.69) is 4.98 Å². The first-order chi connectivity index (χ1) is 13.7. The Labute approximate surface area is 173 Å². The van der Waals surface area contributed by atoms with Crippen LogP contribution in [0.2, 0.25) is 0 Å². The molecule has 1 aliphatic rings. The van der Waals surface area contributed by atoms with Gasteiger partial charge >= 0.3 is 13.3 Å². The number of aromatic amines is 1. The highest BCUT2D eigenvalue weighted by Gasteiger charge is 2.50. The van der Waals surface area contributed by atoms with Crippen LogP contribution in [0.25, 0.3) is 0 Å². The van der Waals surface area contributed by atoms with Gasteiger partial charge in [0.15, 0.2) is 5.34 Å². The van der Waals surface area contributed by atoms with Crippen molar-refractivity contribution in [3.8, 4) is 0 Å². The molecule has 0 amide bonds. The predicted octanol–water partition coefficient (Wildman–Crippen LogP) is 0.115. The molecule has 172 valence electrons. The third-order valence-corrected chi connectivity index (χ3v) is 8.03. The summed E-state index contributed by atoms with van der Waals surface area (Å²) in [6.07, 6.45) is -3.75. The number of aliphatic hydroxyl groups excluding tert-OH is 2. The van der Waals surface area contributed by atoms with Crippen molar-refractivity contribution in [3.05, 3.63) is 32.6 Å². The third-order valence-electron chi connectivity index (χ3n) is 5.81. The van der Waals surface area contributed by atoms with Gasteiger partial charge in [0, 0.05) is 19.7 Å². The van der Waals surface area contributed by atoms with Gasteiger partial charge in [0.2, 0.25) is 0 Å². The number of aryl methyl sites for hydroxylation is 1. The molecule has 12 heteroatoms. The monoisotopic (exact) mass is 450 g/mol. The van der Waals surface area contributed by atoms with Gasteiger partial charge in [-0.15, -0.1) is 0 Å². The van der Waals surface area contributed by atoms with Crippen molar-refractivity contribution >= 4 is 7.60 Å². The fourth-order valence-corrected chi connectivity index (χ4v) is 4.63. The predicted molar refractivity (Wildman–Crippen MR) is 107 cm³/mol. The minimum atomic E-state index is -4.46. The van der Waals surface area contributed by atoms with Crippen LogP contribution in [0.1, 0.15) is 58.6 Å². The van der Waals surface area contributed by atoms with Gasteiger partial charge in [0.25, 0.3) is 5.56 Å². The molecule has 0 saturated carbocycles. The summed E-state index contributed by atoms with van der Waals surface area (Å²) < 4.78 is 24.9. The normalized spacial score (nSPS) is 30.4. The van der Waals surface area contributed by atoms with Crippen LogP contribution in [0.5, 0.6) is 0 Å². The van der Waals surface area contributed by atoms with E-state index in [4.69, 9.17) is 9.26 Å². The van der Waals surface area contributed by atoms with E-state index in [1.807, 2.05) is 0 Å². The molecule has 5 N–H and O–H groups in total. The molecule has 2 heterocycles. The summed E-state index contributed by atoms with van der Waals surface area (Å²) in [7, 11) is -3.04. The van der Waals surface area contributed by atoms with Crippen molar-refractivity contribution in [3.63, 3.8) is 0 Å². The van der Waals surface area contributed by atoms with E-state index >= 15 is 0 Å². The first-order valence-corrected chi connectivity index (χ1v) is 11.3. The van der Waals surface area contributed by atoms with Gasteiger partial charge in [-0.05, 0) is 26.7 Å². The smallest absolute Gasteiger partial charge is 0.359 e. The molecule has 1 aliphatic heterocycles. The van der Waals surface area contributed by atoms with Crippen LogP contribution in [-0.4, -0.2) is 59.0 Å². The zero-order valence-corrected chi connectivity index (χ0v) is 18.6. The summed E-state index contributed by atoms with van der Waals surface area (Å²) in [5.74, 6) is 0. The molecule has 0 aromatic carbocycles. The van der Waals surface area contributed by atoms with Crippen LogP contribution < -0.4 is 11.2 Å². The van der Waals surface area contributed by atoms with Crippen LogP contribution in [0, 0.1) is 0 Å². The van der Waals surface area contributed by atoms with Crippen LogP contribution in [-0.2, 0) is 20.9 Å². The molecule has 1 aromatic heterocycles. The minimum absolute atomic E-state index is 0.0145. The van der Waals surface area contributed by atoms with Gasteiger partial charge in [-0.3, -0.25) is 14.3 Å². The largest absolute Gasteiger partial charge is 0.388 e. The Balaban J connectivity index is 2.28. The standard InChI is InChI=1S/C18H31N2O9P/c1-6-17(3,29-30(26,27)18(4,25)7-2)8-11-12(21)13(22)14(28-11)10-9-20(5)16(24)19-15(10)23/h9,11-14,21-22,25H,6-8H2,1-5H3,(H,26,27)(H,19,23,24)/t11-,12-,13-,14+,17-,18?/m1/s1. The SMILES string of the molecule is CCC(C)(O)P(=O)(O)O[C@](C)(CC)C[C@H]1O[C@@H](c2cn(C)c(=O)[nH]c2=O)[C@H](O)[C@@H]1O. The van der Waals surface area contributed by atoms with E-state index in [9.17, 15) is 34.4 Å². The fourth-order valence-electron chi connectivity index (χ4n) is 3.23. The lowest BCUT2D eigenvalue weighted by atomic mass is 9.92. The van der Waals surface area contributed by atoms with Crippen molar-refractivity contribution in [2.75, 3.05) is 0 Å². The second-order valence-corrected chi connectivity index (χ2v) is 10.4. The third kappa shape index (κ3) is 4.77. The maximum atomic E-state index is 12.6. The van der Waals surface area contributed by atoms with Crippen molar-refractivity contribution < 1.29 is 34.0 Å². The molecule has 30 heavy (non-hydrogen) atoms. The lowest BCUT2D eigenvalue weighted by Crippen LogP contribution is -2.40. The van der Waals surface area contributed by atoms with Crippen molar-refractivity contribution in [2.24, 2.45) is 7.05 Å². The topological polar surface area (TPSA) is 171 Å². The van der Waals surface area contributed by atoms with E-state index < -0.39 is 54.2 Å². The van der Waals surface area contributed by atoms with Gasteiger partial charge < -0.3 is 34.0 Å². The molecule has 2 rings (SSSR count). The Morgan fingerprint density at radius 3 is 2.37 bits per heavy atom. The van der Waals surface area contributed by atoms with E-state index in [0.29, 0.717) is 0 Å². The molecular weight excluding hydrogens is 419 g/mol. The second kappa shape index (κ2) is 8.66. The maximum absolute atomic E-state index is 12.6. The zero-order chi connectivity index (χ0) is 23.1. The molecule has 0 radical (unpaired) electrons. The van der Waals surface area contributed by atoms with Gasteiger partial charge in [-0.25, -0.2) is 4.79 Å². The molecule has 0 bridgehead atoms. The molecule has 2 unspecified atom stereocenters. The lowest BCUT2D eigenvalue weighted by molar-refractivity contribution is -0.0533. The highest BCUT2D eigenvalue weighted by molar-refractivity contribution is 7.54. The summed E-state index contributed by atoms with van der Waals surface area (Å²) in [5.41, 5.74) is -2.70. The number of H-pyrrole nitrogens is 1. The first-order valence-electron chi connectivity index (χ1n) is 9.75. The van der Waals surface area contributed by atoms with Crippen LogP contribution in [0.15, 0.2) is 15.8 Å². The number of rotatable bonds is 8. The molecule has 0 aliphatic carbocycles. The molecular formula is C18H31N2O9P. The summed E-state index contributed by atoms with van der Waals surface area (Å²) in [5, 5.41) is 29.2. The Kier molecular flexibility index (Phi) is 7.20. The molecule has 7 atom stereocenters. The Hall–Kier alpha value is -1.33. The lowest BCUT2D eigenvalue weighted by Gasteiger charge is -2.37. The quantitative estimate of drug-likeness (QED) is 0.345. The van der Waals surface area contributed by atoms with E-state index in [-0.39, 0.29) is 24.8 Å². The number of hydrogen-bond donors (Lipinski definition) is 5. The zero-order valence-electron chi connectivity index (χ0n) is 17.7. The highest BCUT2D eigenvalue weighted by atomic mass is 31.2. The molecule has 1 saturated heterocycles. The van der Waals surface area contributed by atoms with E-state index in [1.54, 1.807) is 13.8 Å². The Morgan fingerprint density at radius 2 is 1.83 bits per heavy atom. The molecule has 1 fully saturated rings. The van der Waals surface area contributed by atoms with Crippen molar-refractivity contribution in [1.29, 1.82) is 0 Å². The fraction of sp³-hybridized carbons (Fsp3) is 0.778. The van der Waals surface area contributed by atoms with E-state index in [0.717, 1.165) is 4.57 Å². The van der Waals surface area contributed by atoms with Crippen LogP contribution in [0.3, 0.4) is 0 Å². The molecule has 0 spiro atoms. The van der Waals surface area contributed by atoms with Gasteiger partial charge in [-0.1, -0.05) is 13.8 Å². The number of ether oxygens (including phenoxy) is 1. The molecule has 11 nitrogen and oxygen atoms in total. The number of hydrogen-bond acceptors (Lipinski definition) is 8. The summed E-state index contributed by atoms with van der Waals surface area (Å²) in [6.45, 7) is 5.99. The Morgan fingerprint density at radius 1 is 1.23 bits per heavy atom. The average Bonchev–Trinajstić information content (AvgIpc) is 2.92. The number of aliphatic hydroxyl groups is 3. The summed E-state index contributed by atoms with van der Waals surface area (Å²) >= 11 is 0. The second-order valence-electron chi connectivity index (χ2n) is 8.22. The average molecular weight is 450 g/mol. The first kappa shape index (κ1) is 24.9. The summed E-state index contributed by atoms with van der Waals surface area (Å²) in [6, 6.07) is 0. The van der Waals surface area contributed by atoms with Gasteiger partial charge in [0.1, 0.15) is 18.3 Å². The number of nitrogens with one attached hydrogen (secondary N) is 1. The van der Waals surface area contributed by atoms with Crippen LogP contribution in [0.4, 0.5) is 0 Å². The van der Waals surface area contributed by atoms with E-state index in [1.165, 1.54) is 27.1 Å². The minimum Gasteiger partial charge on any atom is -0.388 e. The highest BCUT2D eigenvalue weighted by Crippen LogP contribution is 2.59. The van der Waals surface area contributed by atoms with Gasteiger partial charge in [-0.2, -0.15) is 0 Å². The molecule has 1 aromatic rings.